The first-order valence-corrected chi connectivity index (χ1v) is 13.2. The number of aryl methyl sites for hydroxylation is 2. The molecule has 3 unspecified atom stereocenters. The molecule has 182 valence electrons. The largest absolute Gasteiger partial charge is 0.334 e. The number of pyridine rings is 1. The molecule has 0 N–H and O–H groups in total. The lowest BCUT2D eigenvalue weighted by Crippen LogP contribution is -2.38. The molecule has 0 aliphatic carbocycles. The Bertz CT molecular complexity index is 1230. The Morgan fingerprint density at radius 2 is 1.77 bits per heavy atom. The average Bonchev–Trinajstić information content (AvgIpc) is 3.15. The van der Waals surface area contributed by atoms with Gasteiger partial charge in [0.2, 0.25) is 0 Å². The number of nitrogens with zero attached hydrogens (tertiary/aromatic N) is 5. The van der Waals surface area contributed by atoms with Crippen LogP contribution in [0.1, 0.15) is 69.2 Å². The van der Waals surface area contributed by atoms with Crippen molar-refractivity contribution in [1.82, 2.24) is 15.0 Å². The highest BCUT2D eigenvalue weighted by Crippen LogP contribution is 2.48. The molecule has 3 aromatic rings. The van der Waals surface area contributed by atoms with E-state index < -0.39 is 0 Å². The fraction of sp³-hybridized carbons (Fsp3) is 0.433. The van der Waals surface area contributed by atoms with Gasteiger partial charge in [0.1, 0.15) is 11.9 Å². The van der Waals surface area contributed by atoms with Crippen LogP contribution in [0, 0.1) is 12.8 Å². The van der Waals surface area contributed by atoms with Gasteiger partial charge in [0.15, 0.2) is 11.6 Å². The van der Waals surface area contributed by atoms with Crippen LogP contribution in [0.3, 0.4) is 0 Å². The van der Waals surface area contributed by atoms with Gasteiger partial charge in [-0.1, -0.05) is 51.5 Å². The number of allylic oxidation sites excluding steroid dienone is 1. The second-order valence-corrected chi connectivity index (χ2v) is 9.92. The SMILES string of the molecule is CCCCc1cc(-c2ncc3c(n2)N(C)C2C=CC(CC)C(CC)c4ccccc4N32)c(C)cn1. The van der Waals surface area contributed by atoms with Crippen molar-refractivity contribution in [3.63, 3.8) is 0 Å². The van der Waals surface area contributed by atoms with Gasteiger partial charge in [-0.05, 0) is 73.8 Å². The van der Waals surface area contributed by atoms with Crippen molar-refractivity contribution >= 4 is 17.2 Å². The summed E-state index contributed by atoms with van der Waals surface area (Å²) in [6.07, 6.45) is 14.4. The van der Waals surface area contributed by atoms with Crippen LogP contribution in [0.15, 0.2) is 54.9 Å². The monoisotopic (exact) mass is 467 g/mol. The number of para-hydroxylation sites is 1. The molecule has 0 radical (unpaired) electrons. The third-order valence-electron chi connectivity index (χ3n) is 7.75. The minimum Gasteiger partial charge on any atom is -0.334 e. The number of fused-ring (bicyclic) bond motifs is 5. The van der Waals surface area contributed by atoms with Crippen LogP contribution >= 0.6 is 0 Å². The number of rotatable bonds is 6. The highest BCUT2D eigenvalue weighted by Gasteiger charge is 2.38. The van der Waals surface area contributed by atoms with E-state index in [0.717, 1.165) is 66.3 Å². The molecule has 5 nitrogen and oxygen atoms in total. The number of hydrogen-bond donors (Lipinski definition) is 0. The Labute approximate surface area is 209 Å². The van der Waals surface area contributed by atoms with Gasteiger partial charge in [-0.25, -0.2) is 9.97 Å². The van der Waals surface area contributed by atoms with Crippen molar-refractivity contribution in [2.75, 3.05) is 16.8 Å². The molecule has 2 aliphatic heterocycles. The van der Waals surface area contributed by atoms with Gasteiger partial charge in [-0.3, -0.25) is 4.98 Å². The van der Waals surface area contributed by atoms with Crippen molar-refractivity contribution in [3.8, 4) is 11.4 Å². The molecule has 0 saturated heterocycles. The van der Waals surface area contributed by atoms with E-state index in [1.165, 1.54) is 11.3 Å². The summed E-state index contributed by atoms with van der Waals surface area (Å²) in [6.45, 7) is 8.92. The maximum atomic E-state index is 5.13. The summed E-state index contributed by atoms with van der Waals surface area (Å²) in [5.41, 5.74) is 7.07. The normalized spacial score (nSPS) is 20.8. The zero-order valence-corrected chi connectivity index (χ0v) is 21.7. The maximum Gasteiger partial charge on any atom is 0.162 e. The second kappa shape index (κ2) is 9.80. The third kappa shape index (κ3) is 4.11. The number of aromatic nitrogens is 3. The first-order valence-electron chi connectivity index (χ1n) is 13.2. The molecule has 0 spiro atoms. The van der Waals surface area contributed by atoms with Crippen molar-refractivity contribution in [2.24, 2.45) is 5.92 Å². The molecule has 0 amide bonds. The lowest BCUT2D eigenvalue weighted by atomic mass is 9.80. The molecule has 5 rings (SSSR count). The van der Waals surface area contributed by atoms with Gasteiger partial charge in [0.25, 0.3) is 0 Å². The molecule has 35 heavy (non-hydrogen) atoms. The highest BCUT2D eigenvalue weighted by atomic mass is 15.4. The van der Waals surface area contributed by atoms with Crippen molar-refractivity contribution < 1.29 is 0 Å². The van der Waals surface area contributed by atoms with Crippen LogP contribution in [0.5, 0.6) is 0 Å². The van der Waals surface area contributed by atoms with Crippen LogP contribution in [-0.2, 0) is 6.42 Å². The summed E-state index contributed by atoms with van der Waals surface area (Å²) in [5, 5.41) is 0. The quantitative estimate of drug-likeness (QED) is 0.359. The second-order valence-electron chi connectivity index (χ2n) is 9.92. The molecule has 2 aliphatic rings. The fourth-order valence-corrected chi connectivity index (χ4v) is 5.73. The van der Waals surface area contributed by atoms with Gasteiger partial charge in [0.05, 0.1) is 6.20 Å². The number of anilines is 3. The van der Waals surface area contributed by atoms with Crippen LogP contribution in [0.4, 0.5) is 17.2 Å². The summed E-state index contributed by atoms with van der Waals surface area (Å²) < 4.78 is 0. The Morgan fingerprint density at radius 3 is 2.54 bits per heavy atom. The smallest absolute Gasteiger partial charge is 0.162 e. The predicted octanol–water partition coefficient (Wildman–Crippen LogP) is 7.19. The molecule has 0 fully saturated rings. The average molecular weight is 468 g/mol. The van der Waals surface area contributed by atoms with E-state index in [0.29, 0.717) is 11.8 Å². The topological polar surface area (TPSA) is 45.2 Å². The van der Waals surface area contributed by atoms with E-state index in [2.05, 4.69) is 92.0 Å². The van der Waals surface area contributed by atoms with Gasteiger partial charge in [0, 0.05) is 30.2 Å². The predicted molar refractivity (Wildman–Crippen MR) is 145 cm³/mol. The molecular weight excluding hydrogens is 430 g/mol. The van der Waals surface area contributed by atoms with E-state index in [1.807, 2.05) is 12.4 Å². The van der Waals surface area contributed by atoms with Gasteiger partial charge in [-0.2, -0.15) is 0 Å². The van der Waals surface area contributed by atoms with E-state index in [1.54, 1.807) is 0 Å². The van der Waals surface area contributed by atoms with Gasteiger partial charge < -0.3 is 9.80 Å². The number of hydrogen-bond acceptors (Lipinski definition) is 5. The summed E-state index contributed by atoms with van der Waals surface area (Å²) in [6, 6.07) is 11.1. The van der Waals surface area contributed by atoms with Gasteiger partial charge >= 0.3 is 0 Å². The zero-order valence-electron chi connectivity index (χ0n) is 21.7. The lowest BCUT2D eigenvalue weighted by molar-refractivity contribution is 0.474. The van der Waals surface area contributed by atoms with Crippen LogP contribution in [0.25, 0.3) is 11.4 Å². The number of unbranched alkanes of at least 4 members (excludes halogenated alkanes) is 1. The molecule has 5 heteroatoms. The standard InChI is InChI=1S/C30H37N5/c1-6-9-12-22-17-25(20(4)18-31-22)29-32-19-27-30(33-29)34(5)28-16-15-21(7-2)23(8-3)24-13-10-11-14-26(24)35(27)28/h10-11,13-19,21,23,28H,6-9,12H2,1-5H3. The highest BCUT2D eigenvalue weighted by molar-refractivity contribution is 5.84. The first kappa shape index (κ1) is 23.5. The molecule has 4 heterocycles. The van der Waals surface area contributed by atoms with Crippen LogP contribution < -0.4 is 9.80 Å². The summed E-state index contributed by atoms with van der Waals surface area (Å²) in [7, 11) is 2.15. The fourth-order valence-electron chi connectivity index (χ4n) is 5.73. The maximum absolute atomic E-state index is 5.13. The lowest BCUT2D eigenvalue weighted by Gasteiger charge is -2.35. The molecule has 3 atom stereocenters. The minimum absolute atomic E-state index is 0.0845. The third-order valence-corrected chi connectivity index (χ3v) is 7.75. The molecule has 0 bridgehead atoms. The van der Waals surface area contributed by atoms with Crippen LogP contribution in [-0.4, -0.2) is 28.2 Å². The summed E-state index contributed by atoms with van der Waals surface area (Å²) in [4.78, 5) is 19.4. The van der Waals surface area contributed by atoms with E-state index in [-0.39, 0.29) is 6.17 Å². The van der Waals surface area contributed by atoms with E-state index in [9.17, 15) is 0 Å². The van der Waals surface area contributed by atoms with Crippen LogP contribution in [0.2, 0.25) is 0 Å². The summed E-state index contributed by atoms with van der Waals surface area (Å²) in [5.74, 6) is 2.79. The molecule has 1 aromatic carbocycles. The van der Waals surface area contributed by atoms with Crippen molar-refractivity contribution in [1.29, 1.82) is 0 Å². The Kier molecular flexibility index (Phi) is 6.59. The molecule has 2 aromatic heterocycles. The number of benzene rings is 1. The molecular formula is C30H37N5. The number of likely N-dealkylation sites (N-methyl/N-ethyl adjacent to an activating group) is 1. The van der Waals surface area contributed by atoms with Crippen molar-refractivity contribution in [2.45, 2.75) is 71.9 Å². The molecule has 0 saturated carbocycles. The zero-order chi connectivity index (χ0) is 24.5. The van der Waals surface area contributed by atoms with Crippen molar-refractivity contribution in [3.05, 3.63) is 71.7 Å². The minimum atomic E-state index is 0.0845. The Hall–Kier alpha value is -3.21. The van der Waals surface area contributed by atoms with E-state index >= 15 is 0 Å². The van der Waals surface area contributed by atoms with E-state index in [4.69, 9.17) is 9.97 Å². The van der Waals surface area contributed by atoms with Gasteiger partial charge in [-0.15, -0.1) is 0 Å². The Balaban J connectivity index is 1.61. The Morgan fingerprint density at radius 1 is 0.943 bits per heavy atom. The summed E-state index contributed by atoms with van der Waals surface area (Å²) >= 11 is 0. The first-order chi connectivity index (χ1) is 17.1.